The highest BCUT2D eigenvalue weighted by Gasteiger charge is 2.40. The lowest BCUT2D eigenvalue weighted by atomic mass is 9.66. The number of nitrogens with one attached hydrogen (secondary N) is 2. The molecule has 0 radical (unpaired) electrons. The second-order valence-electron chi connectivity index (χ2n) is 5.88. The molecule has 0 bridgehead atoms. The zero-order valence-corrected chi connectivity index (χ0v) is 10.9. The summed E-state index contributed by atoms with van der Waals surface area (Å²) in [7, 11) is 0. The quantitative estimate of drug-likeness (QED) is 0.671. The zero-order valence-electron chi connectivity index (χ0n) is 10.9. The van der Waals surface area contributed by atoms with Crippen molar-refractivity contribution in [3.8, 4) is 0 Å². The van der Waals surface area contributed by atoms with Crippen molar-refractivity contribution in [1.82, 2.24) is 10.6 Å². The van der Waals surface area contributed by atoms with Gasteiger partial charge in [-0.25, -0.2) is 0 Å². The van der Waals surface area contributed by atoms with Crippen LogP contribution in [0.3, 0.4) is 0 Å². The molecule has 0 aromatic rings. The van der Waals surface area contributed by atoms with Gasteiger partial charge in [0, 0.05) is 13.1 Å². The molecule has 2 rings (SSSR count). The first-order chi connectivity index (χ1) is 8.52. The van der Waals surface area contributed by atoms with Crippen molar-refractivity contribution in [1.29, 1.82) is 0 Å². The van der Waals surface area contributed by atoms with E-state index in [0.29, 0.717) is 12.5 Å². The summed E-state index contributed by atoms with van der Waals surface area (Å²) in [6, 6.07) is 0. The maximum Gasteiger partial charge on any atom is 0.303 e. The van der Waals surface area contributed by atoms with E-state index in [1.54, 1.807) is 0 Å². The van der Waals surface area contributed by atoms with Gasteiger partial charge in [-0.15, -0.1) is 0 Å². The number of carboxylic acid groups (broad SMARTS) is 1. The number of hydrogen-bond acceptors (Lipinski definition) is 3. The fraction of sp³-hybridized carbons (Fsp3) is 0.846. The summed E-state index contributed by atoms with van der Waals surface area (Å²) in [5.74, 6) is -0.294. The minimum absolute atomic E-state index is 0.0342. The van der Waals surface area contributed by atoms with Gasteiger partial charge in [0.25, 0.3) is 0 Å². The van der Waals surface area contributed by atoms with Crippen molar-refractivity contribution in [3.63, 3.8) is 0 Å². The van der Waals surface area contributed by atoms with Gasteiger partial charge >= 0.3 is 5.97 Å². The summed E-state index contributed by atoms with van der Waals surface area (Å²) >= 11 is 0. The Morgan fingerprint density at radius 1 is 1.39 bits per heavy atom. The summed E-state index contributed by atoms with van der Waals surface area (Å²) in [5.41, 5.74) is -0.184. The van der Waals surface area contributed by atoms with Crippen molar-refractivity contribution in [3.05, 3.63) is 0 Å². The first-order valence-corrected chi connectivity index (χ1v) is 6.73. The summed E-state index contributed by atoms with van der Waals surface area (Å²) in [4.78, 5) is 22.9. The minimum Gasteiger partial charge on any atom is -0.481 e. The Kier molecular flexibility index (Phi) is 3.90. The fourth-order valence-corrected chi connectivity index (χ4v) is 2.98. The van der Waals surface area contributed by atoms with Crippen molar-refractivity contribution < 1.29 is 14.7 Å². The van der Waals surface area contributed by atoms with Gasteiger partial charge in [0.1, 0.15) is 0 Å². The summed E-state index contributed by atoms with van der Waals surface area (Å²) < 4.78 is 0. The third-order valence-electron chi connectivity index (χ3n) is 4.43. The van der Waals surface area contributed by atoms with Gasteiger partial charge in [0.2, 0.25) is 5.91 Å². The standard InChI is InChI=1S/C13H22N2O3/c1-9-6-14-7-10(9)12(18)15-8-13(3-2-4-13)5-11(16)17/h9-10,14H,2-8H2,1H3,(H,15,18)(H,16,17)/t9-,10-/m1/s1. The smallest absolute Gasteiger partial charge is 0.303 e. The number of carbonyl (C=O) groups excluding carboxylic acids is 1. The van der Waals surface area contributed by atoms with E-state index in [4.69, 9.17) is 5.11 Å². The predicted molar refractivity (Wildman–Crippen MR) is 67.1 cm³/mol. The largest absolute Gasteiger partial charge is 0.481 e. The van der Waals surface area contributed by atoms with Crippen LogP contribution >= 0.6 is 0 Å². The van der Waals surface area contributed by atoms with Crippen LogP contribution in [0.2, 0.25) is 0 Å². The molecule has 2 atom stereocenters. The van der Waals surface area contributed by atoms with Crippen LogP contribution in [0.25, 0.3) is 0 Å². The molecule has 2 fully saturated rings. The molecule has 1 heterocycles. The third kappa shape index (κ3) is 2.83. The molecule has 102 valence electrons. The number of amides is 1. The Bertz CT molecular complexity index is 339. The van der Waals surface area contributed by atoms with Gasteiger partial charge in [-0.2, -0.15) is 0 Å². The van der Waals surface area contributed by atoms with E-state index in [1.165, 1.54) is 0 Å². The number of hydrogen-bond donors (Lipinski definition) is 3. The highest BCUT2D eigenvalue weighted by Crippen LogP contribution is 2.43. The van der Waals surface area contributed by atoms with Crippen molar-refractivity contribution in [2.24, 2.45) is 17.3 Å². The lowest BCUT2D eigenvalue weighted by molar-refractivity contribution is -0.142. The van der Waals surface area contributed by atoms with Crippen LogP contribution in [0.4, 0.5) is 0 Å². The molecule has 1 saturated heterocycles. The van der Waals surface area contributed by atoms with E-state index in [0.717, 1.165) is 32.4 Å². The number of rotatable bonds is 5. The van der Waals surface area contributed by atoms with Crippen LogP contribution in [0, 0.1) is 17.3 Å². The van der Waals surface area contributed by atoms with Gasteiger partial charge in [-0.1, -0.05) is 13.3 Å². The number of carboxylic acids is 1. The SMILES string of the molecule is C[C@@H]1CNC[C@H]1C(=O)NCC1(CC(=O)O)CCC1. The van der Waals surface area contributed by atoms with Crippen LogP contribution in [0.5, 0.6) is 0 Å². The zero-order chi connectivity index (χ0) is 13.2. The number of carbonyl (C=O) groups is 2. The summed E-state index contributed by atoms with van der Waals surface area (Å²) in [6.07, 6.45) is 3.08. The predicted octanol–water partition coefficient (Wildman–Crippen LogP) is 0.603. The normalized spacial score (nSPS) is 29.6. The summed E-state index contributed by atoms with van der Waals surface area (Å²) in [5, 5.41) is 15.1. The molecule has 5 nitrogen and oxygen atoms in total. The van der Waals surface area contributed by atoms with Crippen molar-refractivity contribution in [2.45, 2.75) is 32.6 Å². The minimum atomic E-state index is -0.764. The second-order valence-corrected chi connectivity index (χ2v) is 5.88. The first-order valence-electron chi connectivity index (χ1n) is 6.73. The van der Waals surface area contributed by atoms with Gasteiger partial charge in [-0.05, 0) is 30.7 Å². The third-order valence-corrected chi connectivity index (χ3v) is 4.43. The van der Waals surface area contributed by atoms with E-state index in [-0.39, 0.29) is 23.7 Å². The van der Waals surface area contributed by atoms with Crippen LogP contribution in [-0.2, 0) is 9.59 Å². The Labute approximate surface area is 107 Å². The molecule has 0 spiro atoms. The molecule has 2 aliphatic rings. The van der Waals surface area contributed by atoms with E-state index in [2.05, 4.69) is 17.6 Å². The average molecular weight is 254 g/mol. The van der Waals surface area contributed by atoms with Gasteiger partial charge in [-0.3, -0.25) is 9.59 Å². The maximum absolute atomic E-state index is 12.0. The molecular weight excluding hydrogens is 232 g/mol. The van der Waals surface area contributed by atoms with Crippen LogP contribution in [0.15, 0.2) is 0 Å². The monoisotopic (exact) mass is 254 g/mol. The average Bonchev–Trinajstić information content (AvgIpc) is 2.67. The van der Waals surface area contributed by atoms with Crippen LogP contribution in [0.1, 0.15) is 32.6 Å². The lowest BCUT2D eigenvalue weighted by Crippen LogP contribution is -2.46. The lowest BCUT2D eigenvalue weighted by Gasteiger charge is -2.41. The molecule has 1 amide bonds. The van der Waals surface area contributed by atoms with E-state index in [1.807, 2.05) is 0 Å². The molecule has 3 N–H and O–H groups in total. The molecule has 1 saturated carbocycles. The highest BCUT2D eigenvalue weighted by molar-refractivity contribution is 5.79. The van der Waals surface area contributed by atoms with E-state index < -0.39 is 5.97 Å². The second kappa shape index (κ2) is 5.26. The molecule has 1 aliphatic heterocycles. The molecule has 1 aliphatic carbocycles. The Hall–Kier alpha value is -1.10. The van der Waals surface area contributed by atoms with Gasteiger partial charge in [0.15, 0.2) is 0 Å². The van der Waals surface area contributed by atoms with E-state index in [9.17, 15) is 9.59 Å². The topological polar surface area (TPSA) is 78.4 Å². The molecule has 0 aromatic carbocycles. The van der Waals surface area contributed by atoms with Crippen molar-refractivity contribution >= 4 is 11.9 Å². The Morgan fingerprint density at radius 2 is 2.11 bits per heavy atom. The van der Waals surface area contributed by atoms with Gasteiger partial charge < -0.3 is 15.7 Å². The summed E-state index contributed by atoms with van der Waals surface area (Å²) in [6.45, 7) is 4.21. The van der Waals surface area contributed by atoms with Crippen molar-refractivity contribution in [2.75, 3.05) is 19.6 Å². The molecule has 5 heteroatoms. The highest BCUT2D eigenvalue weighted by atomic mass is 16.4. The molecule has 18 heavy (non-hydrogen) atoms. The van der Waals surface area contributed by atoms with Crippen LogP contribution < -0.4 is 10.6 Å². The van der Waals surface area contributed by atoms with Crippen LogP contribution in [-0.4, -0.2) is 36.6 Å². The number of aliphatic carboxylic acids is 1. The Morgan fingerprint density at radius 3 is 2.56 bits per heavy atom. The maximum atomic E-state index is 12.0. The molecular formula is C13H22N2O3. The Balaban J connectivity index is 1.82. The van der Waals surface area contributed by atoms with E-state index >= 15 is 0 Å². The first kappa shape index (κ1) is 13.3. The molecule has 0 unspecified atom stereocenters. The van der Waals surface area contributed by atoms with Gasteiger partial charge in [0.05, 0.1) is 12.3 Å². The molecule has 0 aromatic heterocycles. The fourth-order valence-electron chi connectivity index (χ4n) is 2.98.